The van der Waals surface area contributed by atoms with Crippen LogP contribution in [0.25, 0.3) is 0 Å². The zero-order valence-corrected chi connectivity index (χ0v) is 15.1. The van der Waals surface area contributed by atoms with E-state index < -0.39 is 0 Å². The topological polar surface area (TPSA) is 50.8 Å². The van der Waals surface area contributed by atoms with Crippen molar-refractivity contribution in [2.75, 3.05) is 0 Å². The third kappa shape index (κ3) is 4.52. The summed E-state index contributed by atoms with van der Waals surface area (Å²) < 4.78 is 5.72. The van der Waals surface area contributed by atoms with Gasteiger partial charge in [0.05, 0.1) is 0 Å². The minimum atomic E-state index is 0.346. The molecule has 0 aliphatic rings. The summed E-state index contributed by atoms with van der Waals surface area (Å²) in [5.74, 6) is 2.31. The molecule has 3 rings (SSSR count). The van der Waals surface area contributed by atoms with Crippen LogP contribution in [0, 0.1) is 13.8 Å². The predicted molar refractivity (Wildman–Crippen MR) is 97.6 cm³/mol. The molecule has 0 saturated heterocycles. The Bertz CT molecular complexity index is 817. The van der Waals surface area contributed by atoms with Crippen LogP contribution < -0.4 is 4.74 Å². The molecule has 24 heavy (non-hydrogen) atoms. The number of hydrogen-bond acceptors (Lipinski definition) is 4. The minimum Gasteiger partial charge on any atom is -0.486 e. The van der Waals surface area contributed by atoms with Gasteiger partial charge in [0.2, 0.25) is 5.16 Å². The zero-order chi connectivity index (χ0) is 16.9. The Hall–Kier alpha value is -1.98. The van der Waals surface area contributed by atoms with Gasteiger partial charge in [0.25, 0.3) is 0 Å². The summed E-state index contributed by atoms with van der Waals surface area (Å²) in [6, 6.07) is 14.1. The van der Waals surface area contributed by atoms with Crippen LogP contribution in [0.5, 0.6) is 5.75 Å². The van der Waals surface area contributed by atoms with E-state index >= 15 is 0 Å². The lowest BCUT2D eigenvalue weighted by Crippen LogP contribution is -1.97. The normalized spacial score (nSPS) is 10.8. The highest BCUT2D eigenvalue weighted by Crippen LogP contribution is 2.22. The summed E-state index contributed by atoms with van der Waals surface area (Å²) in [5, 5.41) is 8.59. The highest BCUT2D eigenvalue weighted by molar-refractivity contribution is 7.98. The lowest BCUT2D eigenvalue weighted by Gasteiger charge is -2.05. The number of halogens is 1. The Morgan fingerprint density at radius 2 is 1.92 bits per heavy atom. The molecule has 0 amide bonds. The average molecular weight is 360 g/mol. The van der Waals surface area contributed by atoms with Crippen molar-refractivity contribution >= 4 is 23.4 Å². The van der Waals surface area contributed by atoms with E-state index in [4.69, 9.17) is 16.3 Å². The lowest BCUT2D eigenvalue weighted by atomic mass is 10.2. The maximum absolute atomic E-state index is 6.01. The highest BCUT2D eigenvalue weighted by atomic mass is 35.5. The first kappa shape index (κ1) is 16.9. The first-order valence-corrected chi connectivity index (χ1v) is 8.95. The number of H-pyrrole nitrogens is 1. The number of benzene rings is 2. The molecular weight excluding hydrogens is 342 g/mol. The summed E-state index contributed by atoms with van der Waals surface area (Å²) in [6.45, 7) is 4.38. The molecule has 2 aromatic carbocycles. The molecule has 4 nitrogen and oxygen atoms in total. The molecule has 0 aliphatic carbocycles. The molecule has 0 radical (unpaired) electrons. The molecule has 3 aromatic rings. The number of nitrogens with one attached hydrogen (secondary N) is 1. The van der Waals surface area contributed by atoms with Crippen molar-refractivity contribution in [1.29, 1.82) is 0 Å². The number of aromatic nitrogens is 3. The molecule has 124 valence electrons. The van der Waals surface area contributed by atoms with E-state index in [1.54, 1.807) is 11.8 Å². The van der Waals surface area contributed by atoms with Gasteiger partial charge < -0.3 is 4.74 Å². The van der Waals surface area contributed by atoms with Gasteiger partial charge in [-0.3, -0.25) is 5.10 Å². The second-order valence-electron chi connectivity index (χ2n) is 5.54. The third-order valence-electron chi connectivity index (χ3n) is 3.50. The van der Waals surface area contributed by atoms with E-state index in [1.807, 2.05) is 25.1 Å². The average Bonchev–Trinajstić information content (AvgIpc) is 3.03. The summed E-state index contributed by atoms with van der Waals surface area (Å²) in [7, 11) is 0. The van der Waals surface area contributed by atoms with Gasteiger partial charge in [-0.15, -0.1) is 5.10 Å². The second kappa shape index (κ2) is 7.73. The third-order valence-corrected chi connectivity index (χ3v) is 4.85. The van der Waals surface area contributed by atoms with Crippen LogP contribution >= 0.6 is 23.4 Å². The molecule has 0 saturated carbocycles. The molecule has 1 N–H and O–H groups in total. The predicted octanol–water partition coefficient (Wildman–Crippen LogP) is 4.95. The standard InChI is InChI=1S/C18H18ClN3OS/c1-12-3-5-14(6-4-12)11-24-18-20-17(21-22-18)10-23-15-7-8-16(19)13(2)9-15/h3-9H,10-11H2,1-2H3,(H,20,21,22). The molecule has 0 unspecified atom stereocenters. The van der Waals surface area contributed by atoms with E-state index in [0.717, 1.165) is 27.2 Å². The van der Waals surface area contributed by atoms with Crippen LogP contribution in [0.3, 0.4) is 0 Å². The first-order valence-electron chi connectivity index (χ1n) is 7.59. The van der Waals surface area contributed by atoms with E-state index in [0.29, 0.717) is 12.4 Å². The maximum Gasteiger partial charge on any atom is 0.208 e. The van der Waals surface area contributed by atoms with Crippen molar-refractivity contribution in [3.8, 4) is 5.75 Å². The molecule has 6 heteroatoms. The molecule has 0 aliphatic heterocycles. The van der Waals surface area contributed by atoms with Gasteiger partial charge in [0, 0.05) is 10.8 Å². The Morgan fingerprint density at radius 3 is 2.67 bits per heavy atom. The second-order valence-corrected chi connectivity index (χ2v) is 6.89. The van der Waals surface area contributed by atoms with Crippen LogP contribution in [0.4, 0.5) is 0 Å². The van der Waals surface area contributed by atoms with Gasteiger partial charge in [-0.25, -0.2) is 4.98 Å². The van der Waals surface area contributed by atoms with E-state index in [-0.39, 0.29) is 0 Å². The number of rotatable bonds is 6. The summed E-state index contributed by atoms with van der Waals surface area (Å²) in [4.78, 5) is 4.44. The fourth-order valence-corrected chi connectivity index (χ4v) is 2.99. The number of nitrogens with zero attached hydrogens (tertiary/aromatic N) is 2. The maximum atomic E-state index is 6.01. The monoisotopic (exact) mass is 359 g/mol. The smallest absolute Gasteiger partial charge is 0.208 e. The van der Waals surface area contributed by atoms with Gasteiger partial charge in [-0.1, -0.05) is 53.2 Å². The quantitative estimate of drug-likeness (QED) is 0.633. The lowest BCUT2D eigenvalue weighted by molar-refractivity contribution is 0.296. The first-order chi connectivity index (χ1) is 11.6. The minimum absolute atomic E-state index is 0.346. The fraction of sp³-hybridized carbons (Fsp3) is 0.222. The van der Waals surface area contributed by atoms with Crippen LogP contribution in [-0.4, -0.2) is 15.2 Å². The molecule has 0 bridgehead atoms. The number of thioether (sulfide) groups is 1. The van der Waals surface area contributed by atoms with Crippen molar-refractivity contribution in [3.63, 3.8) is 0 Å². The largest absolute Gasteiger partial charge is 0.486 e. The van der Waals surface area contributed by atoms with Crippen molar-refractivity contribution < 1.29 is 4.74 Å². The summed E-state index contributed by atoms with van der Waals surface area (Å²) >= 11 is 7.61. The molecule has 0 fully saturated rings. The molecule has 0 atom stereocenters. The SMILES string of the molecule is Cc1ccc(CSc2n[nH]c(COc3ccc(Cl)c(C)c3)n2)cc1. The van der Waals surface area contributed by atoms with E-state index in [9.17, 15) is 0 Å². The molecule has 1 heterocycles. The van der Waals surface area contributed by atoms with E-state index in [2.05, 4.69) is 46.4 Å². The van der Waals surface area contributed by atoms with Crippen molar-refractivity contribution in [2.45, 2.75) is 31.4 Å². The number of ether oxygens (including phenoxy) is 1. The Labute approximate surface area is 150 Å². The summed E-state index contributed by atoms with van der Waals surface area (Å²) in [6.07, 6.45) is 0. The number of hydrogen-bond donors (Lipinski definition) is 1. The molecular formula is C18H18ClN3OS. The van der Waals surface area contributed by atoms with Crippen LogP contribution in [-0.2, 0) is 12.4 Å². The van der Waals surface area contributed by atoms with E-state index in [1.165, 1.54) is 11.1 Å². The van der Waals surface area contributed by atoms with Crippen molar-refractivity contribution in [2.24, 2.45) is 0 Å². The summed E-state index contributed by atoms with van der Waals surface area (Å²) in [5.41, 5.74) is 3.50. The van der Waals surface area contributed by atoms with Crippen molar-refractivity contribution in [1.82, 2.24) is 15.2 Å². The van der Waals surface area contributed by atoms with Gasteiger partial charge >= 0.3 is 0 Å². The Kier molecular flexibility index (Phi) is 5.43. The van der Waals surface area contributed by atoms with Gasteiger partial charge in [-0.05, 0) is 43.2 Å². The van der Waals surface area contributed by atoms with Crippen LogP contribution in [0.2, 0.25) is 5.02 Å². The number of aromatic amines is 1. The van der Waals surface area contributed by atoms with Gasteiger partial charge in [0.1, 0.15) is 12.4 Å². The van der Waals surface area contributed by atoms with Crippen LogP contribution in [0.1, 0.15) is 22.5 Å². The Morgan fingerprint density at radius 1 is 1.12 bits per heavy atom. The highest BCUT2D eigenvalue weighted by Gasteiger charge is 2.06. The fourth-order valence-electron chi connectivity index (χ4n) is 2.10. The zero-order valence-electron chi connectivity index (χ0n) is 13.5. The van der Waals surface area contributed by atoms with Gasteiger partial charge in [-0.2, -0.15) is 0 Å². The Balaban J connectivity index is 1.53. The number of aryl methyl sites for hydroxylation is 2. The molecule has 1 aromatic heterocycles. The molecule has 0 spiro atoms. The van der Waals surface area contributed by atoms with Gasteiger partial charge in [0.15, 0.2) is 5.82 Å². The van der Waals surface area contributed by atoms with Crippen molar-refractivity contribution in [3.05, 3.63) is 70.0 Å². The van der Waals surface area contributed by atoms with Crippen LogP contribution in [0.15, 0.2) is 47.6 Å².